The standard InChI is InChI=1S/C16H28N2O3.ClH/c1-11(2)18(12(3)4)14(19)9-17-8-13-6-5-7-16(13,10-17)15(20)21;/h11-13H,5-10H2,1-4H3,(H,20,21);1H/t13-,16+;/m0./s1. The molecule has 2 aliphatic rings. The van der Waals surface area contributed by atoms with Crippen LogP contribution in [0.15, 0.2) is 0 Å². The highest BCUT2D eigenvalue weighted by molar-refractivity contribution is 5.85. The van der Waals surface area contributed by atoms with Gasteiger partial charge < -0.3 is 10.0 Å². The van der Waals surface area contributed by atoms with Crippen LogP contribution in [0.5, 0.6) is 0 Å². The summed E-state index contributed by atoms with van der Waals surface area (Å²) in [5.74, 6) is -0.348. The van der Waals surface area contributed by atoms with E-state index < -0.39 is 11.4 Å². The van der Waals surface area contributed by atoms with Gasteiger partial charge in [-0.3, -0.25) is 14.5 Å². The van der Waals surface area contributed by atoms with Gasteiger partial charge in [-0.1, -0.05) is 6.42 Å². The number of rotatable bonds is 5. The molecule has 0 aromatic heterocycles. The van der Waals surface area contributed by atoms with E-state index in [1.165, 1.54) is 0 Å². The molecule has 1 amide bonds. The van der Waals surface area contributed by atoms with E-state index in [4.69, 9.17) is 0 Å². The van der Waals surface area contributed by atoms with Crippen LogP contribution in [0.2, 0.25) is 0 Å². The maximum atomic E-state index is 12.5. The number of likely N-dealkylation sites (tertiary alicyclic amines) is 1. The highest BCUT2D eigenvalue weighted by Crippen LogP contribution is 2.48. The summed E-state index contributed by atoms with van der Waals surface area (Å²) in [5.41, 5.74) is -0.596. The quantitative estimate of drug-likeness (QED) is 0.838. The molecule has 0 aromatic carbocycles. The van der Waals surface area contributed by atoms with Crippen molar-refractivity contribution in [2.75, 3.05) is 19.6 Å². The molecule has 128 valence electrons. The molecule has 1 aliphatic carbocycles. The highest BCUT2D eigenvalue weighted by atomic mass is 35.5. The van der Waals surface area contributed by atoms with Gasteiger partial charge in [0.25, 0.3) is 0 Å². The first-order valence-electron chi connectivity index (χ1n) is 8.05. The van der Waals surface area contributed by atoms with Crippen LogP contribution >= 0.6 is 12.4 Å². The van der Waals surface area contributed by atoms with Crippen LogP contribution < -0.4 is 0 Å². The Morgan fingerprint density at radius 2 is 1.86 bits per heavy atom. The summed E-state index contributed by atoms with van der Waals surface area (Å²) in [5, 5.41) is 9.59. The normalized spacial score (nSPS) is 27.8. The molecule has 0 aromatic rings. The number of carbonyl (C=O) groups is 2. The molecule has 1 N–H and O–H groups in total. The van der Waals surface area contributed by atoms with Crippen molar-refractivity contribution in [3.05, 3.63) is 0 Å². The van der Waals surface area contributed by atoms with Crippen LogP contribution in [0, 0.1) is 11.3 Å². The Balaban J connectivity index is 0.00000242. The zero-order chi connectivity index (χ0) is 15.8. The van der Waals surface area contributed by atoms with Gasteiger partial charge in [0.1, 0.15) is 0 Å². The van der Waals surface area contributed by atoms with E-state index in [1.807, 2.05) is 32.6 Å². The average Bonchev–Trinajstić information content (AvgIpc) is 2.84. The highest BCUT2D eigenvalue weighted by Gasteiger charge is 2.54. The third-order valence-electron chi connectivity index (χ3n) is 5.13. The van der Waals surface area contributed by atoms with Gasteiger partial charge in [-0.2, -0.15) is 0 Å². The molecule has 6 heteroatoms. The lowest BCUT2D eigenvalue weighted by atomic mass is 9.81. The van der Waals surface area contributed by atoms with Crippen molar-refractivity contribution in [2.24, 2.45) is 11.3 Å². The second-order valence-corrected chi connectivity index (χ2v) is 7.21. The smallest absolute Gasteiger partial charge is 0.311 e. The summed E-state index contributed by atoms with van der Waals surface area (Å²) < 4.78 is 0. The number of fused-ring (bicyclic) bond motifs is 1. The molecule has 0 spiro atoms. The molecule has 2 rings (SSSR count). The van der Waals surface area contributed by atoms with Crippen LogP contribution in [0.3, 0.4) is 0 Å². The Morgan fingerprint density at radius 1 is 1.27 bits per heavy atom. The summed E-state index contributed by atoms with van der Waals surface area (Å²) in [7, 11) is 0. The SMILES string of the molecule is CC(C)N(C(=O)CN1C[C@@H]2CCC[C@@]2(C(=O)O)C1)C(C)C.Cl. The Kier molecular flexibility index (Phi) is 6.27. The second kappa shape index (κ2) is 7.18. The number of carbonyl (C=O) groups excluding carboxylic acids is 1. The molecule has 1 saturated heterocycles. The van der Waals surface area contributed by atoms with Gasteiger partial charge in [0.15, 0.2) is 0 Å². The van der Waals surface area contributed by atoms with Crippen molar-refractivity contribution in [3.8, 4) is 0 Å². The van der Waals surface area contributed by atoms with Crippen LogP contribution in [0.25, 0.3) is 0 Å². The van der Waals surface area contributed by atoms with E-state index in [-0.39, 0.29) is 36.3 Å². The Bertz CT molecular complexity index is 420. The van der Waals surface area contributed by atoms with Gasteiger partial charge in [-0.05, 0) is 46.5 Å². The number of carboxylic acids is 1. The Morgan fingerprint density at radius 3 is 2.32 bits per heavy atom. The minimum absolute atomic E-state index is 0. The van der Waals surface area contributed by atoms with Crippen molar-refractivity contribution >= 4 is 24.3 Å². The number of halogens is 1. The number of carboxylic acid groups (broad SMARTS) is 1. The maximum Gasteiger partial charge on any atom is 0.311 e. The molecular weight excluding hydrogens is 304 g/mol. The number of aliphatic carboxylic acids is 1. The fourth-order valence-corrected chi connectivity index (χ4v) is 4.31. The van der Waals surface area contributed by atoms with Crippen molar-refractivity contribution in [2.45, 2.75) is 59.0 Å². The summed E-state index contributed by atoms with van der Waals surface area (Å²) in [6, 6.07) is 0.348. The molecule has 0 bridgehead atoms. The van der Waals surface area contributed by atoms with Crippen LogP contribution in [0.1, 0.15) is 47.0 Å². The number of nitrogens with zero attached hydrogens (tertiary/aromatic N) is 2. The van der Waals surface area contributed by atoms with Crippen LogP contribution in [-0.4, -0.2) is 58.5 Å². The van der Waals surface area contributed by atoms with Crippen molar-refractivity contribution in [1.82, 2.24) is 9.80 Å². The minimum Gasteiger partial charge on any atom is -0.481 e. The van der Waals surface area contributed by atoms with Gasteiger partial charge in [-0.15, -0.1) is 12.4 Å². The summed E-state index contributed by atoms with van der Waals surface area (Å²) >= 11 is 0. The molecule has 2 atom stereocenters. The van der Waals surface area contributed by atoms with E-state index in [0.717, 1.165) is 25.8 Å². The fraction of sp³-hybridized carbons (Fsp3) is 0.875. The van der Waals surface area contributed by atoms with Gasteiger partial charge >= 0.3 is 5.97 Å². The van der Waals surface area contributed by atoms with E-state index in [0.29, 0.717) is 13.1 Å². The molecule has 2 fully saturated rings. The Labute approximate surface area is 139 Å². The van der Waals surface area contributed by atoms with Crippen LogP contribution in [-0.2, 0) is 9.59 Å². The molecule has 22 heavy (non-hydrogen) atoms. The lowest BCUT2D eigenvalue weighted by Gasteiger charge is -2.32. The molecule has 1 heterocycles. The first-order chi connectivity index (χ1) is 9.78. The third kappa shape index (κ3) is 3.40. The largest absolute Gasteiger partial charge is 0.481 e. The molecule has 5 nitrogen and oxygen atoms in total. The third-order valence-corrected chi connectivity index (χ3v) is 5.13. The molecule has 1 saturated carbocycles. The number of hydrogen-bond acceptors (Lipinski definition) is 3. The fourth-order valence-electron chi connectivity index (χ4n) is 4.31. The monoisotopic (exact) mass is 332 g/mol. The van der Waals surface area contributed by atoms with Gasteiger partial charge in [0, 0.05) is 25.2 Å². The number of amides is 1. The summed E-state index contributed by atoms with van der Waals surface area (Å²) in [4.78, 5) is 28.1. The zero-order valence-electron chi connectivity index (χ0n) is 14.0. The average molecular weight is 333 g/mol. The minimum atomic E-state index is -0.676. The lowest BCUT2D eigenvalue weighted by molar-refractivity contribution is -0.149. The molecule has 0 radical (unpaired) electrons. The van der Waals surface area contributed by atoms with E-state index in [2.05, 4.69) is 4.90 Å². The van der Waals surface area contributed by atoms with Crippen molar-refractivity contribution in [3.63, 3.8) is 0 Å². The predicted molar refractivity (Wildman–Crippen MR) is 88.2 cm³/mol. The molecular formula is C16H29ClN2O3. The first-order valence-corrected chi connectivity index (χ1v) is 8.05. The van der Waals surface area contributed by atoms with E-state index >= 15 is 0 Å². The molecule has 0 unspecified atom stereocenters. The second-order valence-electron chi connectivity index (χ2n) is 7.21. The van der Waals surface area contributed by atoms with Crippen molar-refractivity contribution < 1.29 is 14.7 Å². The lowest BCUT2D eigenvalue weighted by Crippen LogP contribution is -2.47. The van der Waals surface area contributed by atoms with Gasteiger partial charge in [0.05, 0.1) is 12.0 Å². The molecule has 1 aliphatic heterocycles. The van der Waals surface area contributed by atoms with Gasteiger partial charge in [-0.25, -0.2) is 0 Å². The topological polar surface area (TPSA) is 60.9 Å². The van der Waals surface area contributed by atoms with Gasteiger partial charge in [0.2, 0.25) is 5.91 Å². The van der Waals surface area contributed by atoms with E-state index in [1.54, 1.807) is 0 Å². The number of hydrogen-bond donors (Lipinski definition) is 1. The van der Waals surface area contributed by atoms with Crippen LogP contribution in [0.4, 0.5) is 0 Å². The Hall–Kier alpha value is -0.810. The maximum absolute atomic E-state index is 12.5. The van der Waals surface area contributed by atoms with E-state index in [9.17, 15) is 14.7 Å². The predicted octanol–water partition coefficient (Wildman–Crippen LogP) is 2.24. The van der Waals surface area contributed by atoms with Crippen molar-refractivity contribution in [1.29, 1.82) is 0 Å². The first kappa shape index (κ1) is 19.2. The summed E-state index contributed by atoms with van der Waals surface area (Å²) in [6.45, 7) is 9.72. The zero-order valence-corrected chi connectivity index (χ0v) is 14.9. The summed E-state index contributed by atoms with van der Waals surface area (Å²) in [6.07, 6.45) is 2.74.